The summed E-state index contributed by atoms with van der Waals surface area (Å²) in [5, 5.41) is 3.13. The van der Waals surface area contributed by atoms with Gasteiger partial charge in [-0.05, 0) is 52.2 Å². The van der Waals surface area contributed by atoms with Gasteiger partial charge in [-0.1, -0.05) is 66.2 Å². The lowest BCUT2D eigenvalue weighted by atomic mass is 10.0. The van der Waals surface area contributed by atoms with E-state index in [1.54, 1.807) is 42.5 Å². The number of halogens is 1. The van der Waals surface area contributed by atoms with Crippen LogP contribution in [0.4, 0.5) is 0 Å². The van der Waals surface area contributed by atoms with E-state index in [1.165, 1.54) is 18.4 Å². The van der Waals surface area contributed by atoms with Gasteiger partial charge in [-0.25, -0.2) is 4.79 Å². The Balaban J connectivity index is 1.38. The van der Waals surface area contributed by atoms with Gasteiger partial charge in [-0.3, -0.25) is 4.79 Å². The third-order valence-electron chi connectivity index (χ3n) is 5.34. The second-order valence-electron chi connectivity index (χ2n) is 7.47. The smallest absolute Gasteiger partial charge is 0.336 e. The van der Waals surface area contributed by atoms with Crippen molar-refractivity contribution in [2.45, 2.75) is 0 Å². The van der Waals surface area contributed by atoms with Crippen LogP contribution in [0.5, 0.6) is 5.75 Å². The minimum atomic E-state index is -0.526. The van der Waals surface area contributed by atoms with Gasteiger partial charge in [-0.2, -0.15) is 0 Å². The molecule has 0 amide bonds. The zero-order valence-electron chi connectivity index (χ0n) is 17.3. The number of carbonyl (C=O) groups is 1. The van der Waals surface area contributed by atoms with E-state index in [2.05, 4.69) is 0 Å². The fourth-order valence-corrected chi connectivity index (χ4v) is 3.83. The maximum atomic E-state index is 12.9. The third-order valence-corrected chi connectivity index (χ3v) is 5.59. The fraction of sp³-hybridized carbons (Fsp3) is 0. The molecule has 0 saturated carbocycles. The molecule has 0 fully saturated rings. The number of ether oxygens (including phenoxy) is 1. The molecule has 0 aliphatic carbocycles. The molecule has 0 spiro atoms. The highest BCUT2D eigenvalue weighted by atomic mass is 35.5. The van der Waals surface area contributed by atoms with Crippen molar-refractivity contribution in [1.29, 1.82) is 0 Å². The summed E-state index contributed by atoms with van der Waals surface area (Å²) in [6.07, 6.45) is 4.51. The van der Waals surface area contributed by atoms with E-state index in [9.17, 15) is 9.59 Å². The second-order valence-corrected chi connectivity index (χ2v) is 7.90. The topological polar surface area (TPSA) is 56.5 Å². The molecule has 0 radical (unpaired) electrons. The fourth-order valence-electron chi connectivity index (χ4n) is 3.70. The zero-order chi connectivity index (χ0) is 22.8. The van der Waals surface area contributed by atoms with E-state index in [0.29, 0.717) is 27.1 Å². The molecule has 0 aliphatic heterocycles. The van der Waals surface area contributed by atoms with Gasteiger partial charge in [0.05, 0.1) is 10.9 Å². The van der Waals surface area contributed by atoms with Crippen molar-refractivity contribution < 1.29 is 13.9 Å². The van der Waals surface area contributed by atoms with Crippen LogP contribution in [-0.4, -0.2) is 5.97 Å². The molecule has 4 aromatic carbocycles. The largest absolute Gasteiger partial charge is 0.463 e. The van der Waals surface area contributed by atoms with Gasteiger partial charge < -0.3 is 9.15 Å². The highest BCUT2D eigenvalue weighted by molar-refractivity contribution is 6.30. The van der Waals surface area contributed by atoms with Crippen molar-refractivity contribution in [3.05, 3.63) is 118 Å². The average molecular weight is 453 g/mol. The van der Waals surface area contributed by atoms with Crippen LogP contribution in [0.1, 0.15) is 5.56 Å². The van der Waals surface area contributed by atoms with Crippen LogP contribution in [-0.2, 0) is 4.79 Å². The normalized spacial score (nSPS) is 11.3. The molecular formula is C28H17ClO4. The number of esters is 1. The van der Waals surface area contributed by atoms with Crippen molar-refractivity contribution in [1.82, 2.24) is 0 Å². The standard InChI is InChI=1S/C28H17ClO4/c29-21-11-8-20(9-12-21)25-17-32-26-16-22(13-14-24(26)28(25)31)33-27(30)15-10-19-6-3-5-18-4-1-2-7-23(18)19/h1-17H/b15-10+. The van der Waals surface area contributed by atoms with Gasteiger partial charge in [-0.15, -0.1) is 0 Å². The number of hydrogen-bond acceptors (Lipinski definition) is 4. The molecule has 0 saturated heterocycles. The molecule has 0 bridgehead atoms. The van der Waals surface area contributed by atoms with E-state index >= 15 is 0 Å². The minimum absolute atomic E-state index is 0.174. The lowest BCUT2D eigenvalue weighted by Crippen LogP contribution is -2.06. The predicted octanol–water partition coefficient (Wildman–Crippen LogP) is 6.89. The van der Waals surface area contributed by atoms with Crippen molar-refractivity contribution in [2.24, 2.45) is 0 Å². The van der Waals surface area contributed by atoms with Gasteiger partial charge in [0.1, 0.15) is 17.6 Å². The van der Waals surface area contributed by atoms with Crippen molar-refractivity contribution >= 4 is 45.4 Å². The average Bonchev–Trinajstić information content (AvgIpc) is 2.84. The van der Waals surface area contributed by atoms with E-state index in [4.69, 9.17) is 20.8 Å². The van der Waals surface area contributed by atoms with Crippen LogP contribution in [0.2, 0.25) is 5.02 Å². The number of benzene rings is 4. The Morgan fingerprint density at radius 1 is 0.879 bits per heavy atom. The molecule has 1 aromatic heterocycles. The van der Waals surface area contributed by atoms with E-state index < -0.39 is 5.97 Å². The molecule has 5 heteroatoms. The molecule has 0 unspecified atom stereocenters. The highest BCUT2D eigenvalue weighted by Crippen LogP contribution is 2.25. The molecule has 160 valence electrons. The summed E-state index contributed by atoms with van der Waals surface area (Å²) in [7, 11) is 0. The number of carbonyl (C=O) groups excluding carboxylic acids is 1. The summed E-state index contributed by atoms with van der Waals surface area (Å²) in [6, 6.07) is 25.5. The van der Waals surface area contributed by atoms with Crippen molar-refractivity contribution in [3.63, 3.8) is 0 Å². The van der Waals surface area contributed by atoms with Crippen LogP contribution in [0.25, 0.3) is 38.9 Å². The molecular weight excluding hydrogens is 436 g/mol. The number of hydrogen-bond donors (Lipinski definition) is 0. The van der Waals surface area contributed by atoms with Crippen LogP contribution in [0.15, 0.2) is 106 Å². The molecule has 5 rings (SSSR count). The monoisotopic (exact) mass is 452 g/mol. The zero-order valence-corrected chi connectivity index (χ0v) is 18.1. The Bertz CT molecular complexity index is 1570. The number of rotatable bonds is 4. The summed E-state index contributed by atoms with van der Waals surface area (Å²) in [6.45, 7) is 0. The Kier molecular flexibility index (Phi) is 5.51. The Hall–Kier alpha value is -4.15. The quantitative estimate of drug-likeness (QED) is 0.169. The molecule has 0 N–H and O–H groups in total. The predicted molar refractivity (Wildman–Crippen MR) is 132 cm³/mol. The van der Waals surface area contributed by atoms with E-state index in [0.717, 1.165) is 16.3 Å². The molecule has 5 aromatic rings. The Morgan fingerprint density at radius 2 is 1.67 bits per heavy atom. The van der Waals surface area contributed by atoms with Crippen molar-refractivity contribution in [2.75, 3.05) is 0 Å². The van der Waals surface area contributed by atoms with Gasteiger partial charge in [0, 0.05) is 17.2 Å². The van der Waals surface area contributed by atoms with Gasteiger partial charge in [0.25, 0.3) is 0 Å². The molecule has 0 atom stereocenters. The first-order chi connectivity index (χ1) is 16.1. The summed E-state index contributed by atoms with van der Waals surface area (Å²) in [5.74, 6) is -0.236. The van der Waals surface area contributed by atoms with Crippen LogP contribution in [0.3, 0.4) is 0 Å². The first-order valence-electron chi connectivity index (χ1n) is 10.3. The van der Waals surface area contributed by atoms with Crippen molar-refractivity contribution in [3.8, 4) is 16.9 Å². The summed E-state index contributed by atoms with van der Waals surface area (Å²) >= 11 is 5.93. The van der Waals surface area contributed by atoms with Crippen LogP contribution in [0, 0.1) is 0 Å². The first kappa shape index (κ1) is 20.7. The summed E-state index contributed by atoms with van der Waals surface area (Å²) in [5.41, 5.74) is 2.23. The van der Waals surface area contributed by atoms with Gasteiger partial charge in [0.2, 0.25) is 0 Å². The highest BCUT2D eigenvalue weighted by Gasteiger charge is 2.11. The van der Waals surface area contributed by atoms with Crippen LogP contribution < -0.4 is 10.2 Å². The maximum Gasteiger partial charge on any atom is 0.336 e. The first-order valence-corrected chi connectivity index (χ1v) is 10.7. The van der Waals surface area contributed by atoms with Crippen LogP contribution >= 0.6 is 11.6 Å². The van der Waals surface area contributed by atoms with Gasteiger partial charge >= 0.3 is 5.97 Å². The lowest BCUT2D eigenvalue weighted by Gasteiger charge is -2.06. The third kappa shape index (κ3) is 4.29. The van der Waals surface area contributed by atoms with E-state index in [1.807, 2.05) is 42.5 Å². The Morgan fingerprint density at radius 3 is 2.52 bits per heavy atom. The molecule has 1 heterocycles. The Labute approximate surface area is 194 Å². The maximum absolute atomic E-state index is 12.9. The minimum Gasteiger partial charge on any atom is -0.463 e. The second kappa shape index (κ2) is 8.77. The van der Waals surface area contributed by atoms with E-state index in [-0.39, 0.29) is 11.2 Å². The SMILES string of the molecule is O=C(/C=C/c1cccc2ccccc12)Oc1ccc2c(=O)c(-c3ccc(Cl)cc3)coc2c1. The number of fused-ring (bicyclic) bond motifs is 2. The van der Waals surface area contributed by atoms with Gasteiger partial charge in [0.15, 0.2) is 5.43 Å². The molecule has 0 aliphatic rings. The lowest BCUT2D eigenvalue weighted by molar-refractivity contribution is -0.128. The molecule has 33 heavy (non-hydrogen) atoms. The molecule has 4 nitrogen and oxygen atoms in total. The summed E-state index contributed by atoms with van der Waals surface area (Å²) < 4.78 is 11.1. The summed E-state index contributed by atoms with van der Waals surface area (Å²) in [4.78, 5) is 25.3.